The highest BCUT2D eigenvalue weighted by molar-refractivity contribution is 5.99. The zero-order chi connectivity index (χ0) is 15.9. The number of carbonyl (C=O) groups is 1. The number of hydrogen-bond donors (Lipinski definition) is 2. The minimum atomic E-state index is -0.456. The first-order chi connectivity index (χ1) is 10.5. The van der Waals surface area contributed by atoms with Gasteiger partial charge in [0.05, 0.1) is 5.71 Å². The van der Waals surface area contributed by atoms with Gasteiger partial charge in [-0.25, -0.2) is 9.82 Å². The molecule has 0 fully saturated rings. The van der Waals surface area contributed by atoms with Gasteiger partial charge < -0.3 is 9.84 Å². The number of rotatable bonds is 5. The molecule has 6 heteroatoms. The lowest BCUT2D eigenvalue weighted by atomic mass is 10.1. The maximum absolute atomic E-state index is 12.9. The molecule has 2 aromatic rings. The van der Waals surface area contributed by atoms with E-state index in [-0.39, 0.29) is 18.1 Å². The molecule has 0 heterocycles. The second-order valence-electron chi connectivity index (χ2n) is 4.53. The van der Waals surface area contributed by atoms with E-state index in [1.165, 1.54) is 30.3 Å². The summed E-state index contributed by atoms with van der Waals surface area (Å²) in [6.07, 6.45) is 0. The van der Waals surface area contributed by atoms with Gasteiger partial charge in [-0.3, -0.25) is 4.79 Å². The van der Waals surface area contributed by atoms with Crippen LogP contribution in [-0.4, -0.2) is 23.3 Å². The Kier molecular flexibility index (Phi) is 5.08. The fourth-order valence-electron chi connectivity index (χ4n) is 1.65. The average Bonchev–Trinajstić information content (AvgIpc) is 2.51. The number of phenolic OH excluding ortho intramolecular Hbond substituents is 1. The molecule has 0 saturated carbocycles. The molecule has 0 unspecified atom stereocenters. The fraction of sp³-hybridized carbons (Fsp3) is 0.125. The van der Waals surface area contributed by atoms with Crippen molar-refractivity contribution in [3.63, 3.8) is 0 Å². The standard InChI is InChI=1S/C16H15FN2O3/c1-11(12-5-7-14(20)8-6-12)18-19-16(21)10-22-15-4-2-3-13(17)9-15/h2-9,20H,10H2,1H3,(H,19,21)/b18-11+. The normalized spacial score (nSPS) is 11.1. The first-order valence-electron chi connectivity index (χ1n) is 6.55. The van der Waals surface area contributed by atoms with Gasteiger partial charge in [0.1, 0.15) is 17.3 Å². The quantitative estimate of drug-likeness (QED) is 0.658. The summed E-state index contributed by atoms with van der Waals surface area (Å²) in [6, 6.07) is 12.0. The molecule has 0 atom stereocenters. The highest BCUT2D eigenvalue weighted by Gasteiger charge is 2.03. The number of carbonyl (C=O) groups excluding carboxylic acids is 1. The molecule has 2 rings (SSSR count). The van der Waals surface area contributed by atoms with Crippen LogP contribution in [0.2, 0.25) is 0 Å². The number of amides is 1. The van der Waals surface area contributed by atoms with Crippen LogP contribution < -0.4 is 10.2 Å². The maximum Gasteiger partial charge on any atom is 0.277 e. The Morgan fingerprint density at radius 3 is 2.68 bits per heavy atom. The fourth-order valence-corrected chi connectivity index (χ4v) is 1.65. The zero-order valence-electron chi connectivity index (χ0n) is 11.9. The molecule has 5 nitrogen and oxygen atoms in total. The second kappa shape index (κ2) is 7.21. The molecule has 2 aromatic carbocycles. The summed E-state index contributed by atoms with van der Waals surface area (Å²) in [5.41, 5.74) is 3.70. The number of benzene rings is 2. The van der Waals surface area contributed by atoms with Crippen LogP contribution in [0.5, 0.6) is 11.5 Å². The molecule has 0 aliphatic rings. The summed E-state index contributed by atoms with van der Waals surface area (Å²) in [7, 11) is 0. The van der Waals surface area contributed by atoms with Crippen LogP contribution in [0.25, 0.3) is 0 Å². The predicted molar refractivity (Wildman–Crippen MR) is 80.4 cm³/mol. The Bertz CT molecular complexity index is 684. The molecule has 114 valence electrons. The largest absolute Gasteiger partial charge is 0.508 e. The van der Waals surface area contributed by atoms with E-state index in [0.717, 1.165) is 5.56 Å². The molecule has 0 aliphatic carbocycles. The summed E-state index contributed by atoms with van der Waals surface area (Å²) in [4.78, 5) is 11.6. The number of hydrogen-bond acceptors (Lipinski definition) is 4. The van der Waals surface area contributed by atoms with Gasteiger partial charge in [0, 0.05) is 6.07 Å². The number of nitrogens with one attached hydrogen (secondary N) is 1. The number of aromatic hydroxyl groups is 1. The third-order valence-corrected chi connectivity index (χ3v) is 2.80. The minimum Gasteiger partial charge on any atom is -0.508 e. The minimum absolute atomic E-state index is 0.157. The van der Waals surface area contributed by atoms with E-state index in [1.54, 1.807) is 25.1 Å². The molecule has 0 bridgehead atoms. The van der Waals surface area contributed by atoms with Gasteiger partial charge in [0.15, 0.2) is 6.61 Å². The van der Waals surface area contributed by atoms with Crippen LogP contribution in [0.4, 0.5) is 4.39 Å². The summed E-state index contributed by atoms with van der Waals surface area (Å²) >= 11 is 0. The van der Waals surface area contributed by atoms with Crippen molar-refractivity contribution in [1.29, 1.82) is 0 Å². The Balaban J connectivity index is 1.86. The third-order valence-electron chi connectivity index (χ3n) is 2.80. The molecular formula is C16H15FN2O3. The van der Waals surface area contributed by atoms with Crippen molar-refractivity contribution >= 4 is 11.6 Å². The lowest BCUT2D eigenvalue weighted by Crippen LogP contribution is -2.25. The van der Waals surface area contributed by atoms with Gasteiger partial charge in [-0.15, -0.1) is 0 Å². The Labute approximate surface area is 127 Å². The van der Waals surface area contributed by atoms with Crippen molar-refractivity contribution in [2.75, 3.05) is 6.61 Å². The van der Waals surface area contributed by atoms with E-state index < -0.39 is 11.7 Å². The van der Waals surface area contributed by atoms with E-state index in [9.17, 15) is 14.3 Å². The average molecular weight is 302 g/mol. The Morgan fingerprint density at radius 1 is 1.27 bits per heavy atom. The van der Waals surface area contributed by atoms with Crippen molar-refractivity contribution in [1.82, 2.24) is 5.43 Å². The topological polar surface area (TPSA) is 70.9 Å². The van der Waals surface area contributed by atoms with Gasteiger partial charge in [0.2, 0.25) is 0 Å². The van der Waals surface area contributed by atoms with Crippen LogP contribution in [0.1, 0.15) is 12.5 Å². The van der Waals surface area contributed by atoms with Crippen LogP contribution in [0.15, 0.2) is 53.6 Å². The van der Waals surface area contributed by atoms with Crippen molar-refractivity contribution in [2.45, 2.75) is 6.92 Å². The molecule has 0 aliphatic heterocycles. The van der Waals surface area contributed by atoms with Gasteiger partial charge in [0.25, 0.3) is 5.91 Å². The van der Waals surface area contributed by atoms with Crippen LogP contribution in [0, 0.1) is 5.82 Å². The summed E-state index contributed by atoms with van der Waals surface area (Å²) in [5, 5.41) is 13.1. The lowest BCUT2D eigenvalue weighted by Gasteiger charge is -2.06. The maximum atomic E-state index is 12.9. The Hall–Kier alpha value is -2.89. The van der Waals surface area contributed by atoms with Gasteiger partial charge in [-0.2, -0.15) is 5.10 Å². The molecular weight excluding hydrogens is 287 g/mol. The van der Waals surface area contributed by atoms with E-state index in [1.807, 2.05) is 0 Å². The third kappa shape index (κ3) is 4.59. The van der Waals surface area contributed by atoms with E-state index in [4.69, 9.17) is 4.74 Å². The summed E-state index contributed by atoms with van der Waals surface area (Å²) in [5.74, 6) is -0.458. The number of ether oxygens (including phenoxy) is 1. The number of halogens is 1. The van der Waals surface area contributed by atoms with Gasteiger partial charge in [-0.05, 0) is 48.9 Å². The first-order valence-corrected chi connectivity index (χ1v) is 6.55. The van der Waals surface area contributed by atoms with Gasteiger partial charge in [-0.1, -0.05) is 6.07 Å². The molecule has 1 amide bonds. The molecule has 0 spiro atoms. The van der Waals surface area contributed by atoms with Crippen molar-refractivity contribution in [2.24, 2.45) is 5.10 Å². The van der Waals surface area contributed by atoms with Crippen molar-refractivity contribution in [3.05, 3.63) is 59.9 Å². The molecule has 0 radical (unpaired) electrons. The monoisotopic (exact) mass is 302 g/mol. The van der Waals surface area contributed by atoms with E-state index in [0.29, 0.717) is 5.71 Å². The van der Waals surface area contributed by atoms with Crippen LogP contribution in [0.3, 0.4) is 0 Å². The second-order valence-corrected chi connectivity index (χ2v) is 4.53. The molecule has 0 saturated heterocycles. The number of nitrogens with zero attached hydrogens (tertiary/aromatic N) is 1. The van der Waals surface area contributed by atoms with Crippen LogP contribution in [-0.2, 0) is 4.79 Å². The van der Waals surface area contributed by atoms with Crippen molar-refractivity contribution in [3.8, 4) is 11.5 Å². The summed E-state index contributed by atoms with van der Waals surface area (Å²) in [6.45, 7) is 1.45. The van der Waals surface area contributed by atoms with E-state index in [2.05, 4.69) is 10.5 Å². The smallest absolute Gasteiger partial charge is 0.277 e. The lowest BCUT2D eigenvalue weighted by molar-refractivity contribution is -0.123. The highest BCUT2D eigenvalue weighted by Crippen LogP contribution is 2.12. The Morgan fingerprint density at radius 2 is 2.00 bits per heavy atom. The SMILES string of the molecule is C/C(=N\NC(=O)COc1cccc(F)c1)c1ccc(O)cc1. The zero-order valence-corrected chi connectivity index (χ0v) is 11.9. The highest BCUT2D eigenvalue weighted by atomic mass is 19.1. The molecule has 0 aromatic heterocycles. The molecule has 22 heavy (non-hydrogen) atoms. The van der Waals surface area contributed by atoms with E-state index >= 15 is 0 Å². The number of hydrazone groups is 1. The number of phenols is 1. The van der Waals surface area contributed by atoms with Gasteiger partial charge >= 0.3 is 0 Å². The predicted octanol–water partition coefficient (Wildman–Crippen LogP) is 2.45. The van der Waals surface area contributed by atoms with Crippen LogP contribution >= 0.6 is 0 Å². The molecule has 2 N–H and O–H groups in total. The summed E-state index contributed by atoms with van der Waals surface area (Å²) < 4.78 is 18.1. The van der Waals surface area contributed by atoms with Crippen molar-refractivity contribution < 1.29 is 19.0 Å². The first kappa shape index (κ1) is 15.5.